The number of nitrogens with two attached hydrogens (primary N) is 2. The largest absolute Gasteiger partial charge is 0.480 e. The number of ether oxygens (including phenoxy) is 1. The molecule has 0 aliphatic carbocycles. The van der Waals surface area contributed by atoms with Crippen LogP contribution in [0.15, 0.2) is 9.98 Å². The molecule has 34 heavy (non-hydrogen) atoms. The molecule has 1 amide bonds. The smallest absolute Gasteiger partial charge is 0.404 e. The minimum Gasteiger partial charge on any atom is -0.480 e. The van der Waals surface area contributed by atoms with Gasteiger partial charge >= 0.3 is 27.3 Å². The second-order valence-electron chi connectivity index (χ2n) is 7.60. The zero-order valence-electron chi connectivity index (χ0n) is 17.0. The van der Waals surface area contributed by atoms with Crippen LogP contribution in [0.1, 0.15) is 6.42 Å². The number of aliphatic hydroxyl groups excluding tert-OH is 2. The van der Waals surface area contributed by atoms with E-state index in [2.05, 4.69) is 19.8 Å². The van der Waals surface area contributed by atoms with Crippen LogP contribution in [0.25, 0.3) is 0 Å². The summed E-state index contributed by atoms with van der Waals surface area (Å²) in [6, 6.07) is -2.04. The zero-order valence-corrected chi connectivity index (χ0v) is 18.8. The van der Waals surface area contributed by atoms with Crippen LogP contribution in [0.2, 0.25) is 0 Å². The van der Waals surface area contributed by atoms with Crippen molar-refractivity contribution in [2.75, 3.05) is 12.8 Å². The Bertz CT molecular complexity index is 1010. The summed E-state index contributed by atoms with van der Waals surface area (Å²) in [6.45, 7) is -0.576. The molecule has 0 radical (unpaired) electrons. The first-order valence-corrected chi connectivity index (χ1v) is 12.8. The fraction of sp³-hybridized carbons (Fsp3) is 0.692. The summed E-state index contributed by atoms with van der Waals surface area (Å²) in [5, 5.41) is 32.9. The van der Waals surface area contributed by atoms with Gasteiger partial charge in [-0.25, -0.2) is 19.6 Å². The Kier molecular flexibility index (Phi) is 7.06. The Labute approximate surface area is 190 Å². The van der Waals surface area contributed by atoms with E-state index in [0.717, 1.165) is 11.2 Å². The van der Waals surface area contributed by atoms with E-state index >= 15 is 0 Å². The molecule has 21 heteroatoms. The number of aliphatic imine (C=N–C) groups is 2. The van der Waals surface area contributed by atoms with Gasteiger partial charge in [-0.15, -0.1) is 0 Å². The standard InChI is InChI=1S/C13H23N7O12P2/c14-13(32-34(15,29)30)18-10-12(11(25)19-13,17-5(9(23)24)3-33(26,27)28)16-4-20(10)8-1-6(22)7(2-21)31-8/h4-8,17,21-22H,1-3,14H2,(H,19,25)(H,23,24)(H3,15,29,30)(H2,26,27,28)/t5-,6-,7+,8+,12?,13?/m0/s1. The van der Waals surface area contributed by atoms with Crippen LogP contribution in [-0.2, 0) is 28.0 Å². The molecule has 3 heterocycles. The third kappa shape index (κ3) is 5.51. The molecule has 0 aromatic heterocycles. The minimum absolute atomic E-state index is 0.160. The van der Waals surface area contributed by atoms with Gasteiger partial charge in [0.25, 0.3) is 11.6 Å². The number of carbonyl (C=O) groups is 2. The van der Waals surface area contributed by atoms with Gasteiger partial charge < -0.3 is 34.7 Å². The molecule has 1 fully saturated rings. The lowest BCUT2D eigenvalue weighted by Crippen LogP contribution is -2.74. The molecule has 3 aliphatic rings. The molecule has 192 valence electrons. The molecule has 3 unspecified atom stereocenters. The molecule has 0 bridgehead atoms. The first-order valence-electron chi connectivity index (χ1n) is 9.36. The van der Waals surface area contributed by atoms with Crippen LogP contribution in [0.4, 0.5) is 0 Å². The topological polar surface area (TPSA) is 312 Å². The Morgan fingerprint density at radius 1 is 1.44 bits per heavy atom. The van der Waals surface area contributed by atoms with Gasteiger partial charge in [0.2, 0.25) is 0 Å². The number of rotatable bonds is 9. The van der Waals surface area contributed by atoms with Crippen molar-refractivity contribution in [2.45, 2.75) is 42.5 Å². The highest BCUT2D eigenvalue weighted by Crippen LogP contribution is 2.40. The summed E-state index contributed by atoms with van der Waals surface area (Å²) in [7, 11) is -9.77. The van der Waals surface area contributed by atoms with E-state index in [-0.39, 0.29) is 6.42 Å². The third-order valence-electron chi connectivity index (χ3n) is 4.90. The Balaban J connectivity index is 2.06. The first-order chi connectivity index (χ1) is 15.5. The van der Waals surface area contributed by atoms with Crippen molar-refractivity contribution >= 4 is 39.4 Å². The lowest BCUT2D eigenvalue weighted by Gasteiger charge is -2.41. The number of nitrogens with zero attached hydrogens (tertiary/aromatic N) is 3. The Morgan fingerprint density at radius 3 is 2.59 bits per heavy atom. The van der Waals surface area contributed by atoms with Crippen LogP contribution in [0, 0.1) is 0 Å². The number of hydrogen-bond donors (Lipinski definition) is 10. The Morgan fingerprint density at radius 2 is 2.09 bits per heavy atom. The summed E-state index contributed by atoms with van der Waals surface area (Å²) in [4.78, 5) is 61.3. The van der Waals surface area contributed by atoms with E-state index in [9.17, 15) is 48.7 Å². The van der Waals surface area contributed by atoms with Gasteiger partial charge in [-0.05, 0) is 0 Å². The summed E-state index contributed by atoms with van der Waals surface area (Å²) in [5.74, 6) is -6.37. The number of carboxylic acid groups (broad SMARTS) is 1. The molecule has 0 spiro atoms. The number of carbonyl (C=O) groups excluding carboxylic acids is 1. The highest BCUT2D eigenvalue weighted by Gasteiger charge is 2.60. The maximum atomic E-state index is 13.1. The maximum Gasteiger partial charge on any atom is 0.404 e. The molecule has 0 aromatic carbocycles. The number of aliphatic hydroxyl groups is 2. The number of amides is 1. The zero-order chi connectivity index (χ0) is 25.7. The third-order valence-corrected chi connectivity index (χ3v) is 6.28. The highest BCUT2D eigenvalue weighted by molar-refractivity contribution is 7.51. The predicted molar refractivity (Wildman–Crippen MR) is 108 cm³/mol. The van der Waals surface area contributed by atoms with Gasteiger partial charge in [-0.2, -0.15) is 4.99 Å². The summed E-state index contributed by atoms with van der Waals surface area (Å²) >= 11 is 0. The average molecular weight is 531 g/mol. The van der Waals surface area contributed by atoms with E-state index in [1.54, 1.807) is 0 Å². The molecule has 3 rings (SSSR count). The molecule has 7 atom stereocenters. The number of amidine groups is 1. The second kappa shape index (κ2) is 8.98. The second-order valence-corrected chi connectivity index (χ2v) is 10.6. The normalized spacial score (nSPS) is 36.0. The predicted octanol–water partition coefficient (Wildman–Crippen LogP) is -5.11. The number of carboxylic acids is 1. The monoisotopic (exact) mass is 531 g/mol. The van der Waals surface area contributed by atoms with E-state index < -0.39 is 81.9 Å². The lowest BCUT2D eigenvalue weighted by molar-refractivity contribution is -0.140. The summed E-state index contributed by atoms with van der Waals surface area (Å²) in [6.07, 6.45) is -3.81. The van der Waals surface area contributed by atoms with Crippen molar-refractivity contribution in [2.24, 2.45) is 21.2 Å². The summed E-state index contributed by atoms with van der Waals surface area (Å²) in [5.41, 5.74) is 8.23. The van der Waals surface area contributed by atoms with Crippen molar-refractivity contribution in [1.82, 2.24) is 15.5 Å². The fourth-order valence-corrected chi connectivity index (χ4v) is 4.74. The number of aliphatic carboxylic acids is 1. The molecule has 0 aromatic rings. The molecule has 19 nitrogen and oxygen atoms in total. The van der Waals surface area contributed by atoms with Crippen molar-refractivity contribution in [3.63, 3.8) is 0 Å². The highest BCUT2D eigenvalue weighted by atomic mass is 31.2. The molecule has 0 saturated carbocycles. The van der Waals surface area contributed by atoms with Crippen molar-refractivity contribution in [3.8, 4) is 0 Å². The van der Waals surface area contributed by atoms with Gasteiger partial charge in [0.05, 0.1) is 25.2 Å². The van der Waals surface area contributed by atoms with Gasteiger partial charge in [0.15, 0.2) is 5.84 Å². The lowest BCUT2D eigenvalue weighted by atomic mass is 10.0. The van der Waals surface area contributed by atoms with Crippen LogP contribution < -0.4 is 21.9 Å². The maximum absolute atomic E-state index is 13.1. The number of fused-ring (bicyclic) bond motifs is 1. The van der Waals surface area contributed by atoms with E-state index in [0.29, 0.717) is 0 Å². The van der Waals surface area contributed by atoms with Gasteiger partial charge in [0.1, 0.15) is 18.4 Å². The molecular formula is C13H23N7O12P2. The molecular weight excluding hydrogens is 508 g/mol. The van der Waals surface area contributed by atoms with Crippen molar-refractivity contribution in [3.05, 3.63) is 0 Å². The van der Waals surface area contributed by atoms with Crippen molar-refractivity contribution in [1.29, 1.82) is 0 Å². The molecule has 12 N–H and O–H groups in total. The first kappa shape index (κ1) is 26.7. The average Bonchev–Trinajstić information content (AvgIpc) is 3.19. The molecule has 1 saturated heterocycles. The quantitative estimate of drug-likeness (QED) is 0.0982. The summed E-state index contributed by atoms with van der Waals surface area (Å²) < 4.78 is 33.0. The Hall–Kier alpha value is -1.86. The minimum atomic E-state index is -4.91. The van der Waals surface area contributed by atoms with Crippen LogP contribution >= 0.6 is 15.3 Å². The SMILES string of the molecule is NC1(OP(N)(=O)O)N=C2N([C@H]3C[C@H](O)[C@@H](CO)O3)C=NC2(N[C@@H](CP(=O)(O)O)C(=O)O)C(=O)N1. The van der Waals surface area contributed by atoms with Crippen LogP contribution in [0.3, 0.4) is 0 Å². The molecule has 3 aliphatic heterocycles. The van der Waals surface area contributed by atoms with Crippen LogP contribution in [0.5, 0.6) is 0 Å². The van der Waals surface area contributed by atoms with E-state index in [1.807, 2.05) is 5.32 Å². The van der Waals surface area contributed by atoms with E-state index in [1.165, 1.54) is 0 Å². The fourth-order valence-electron chi connectivity index (χ4n) is 3.53. The number of hydrogen-bond acceptors (Lipinski definition) is 13. The van der Waals surface area contributed by atoms with Gasteiger partial charge in [-0.3, -0.25) is 35.4 Å². The van der Waals surface area contributed by atoms with E-state index in [4.69, 9.17) is 16.0 Å². The van der Waals surface area contributed by atoms with Gasteiger partial charge in [-0.1, -0.05) is 0 Å². The van der Waals surface area contributed by atoms with Crippen LogP contribution in [-0.4, -0.2) is 108 Å². The number of nitrogens with one attached hydrogen (secondary N) is 2. The van der Waals surface area contributed by atoms with Gasteiger partial charge in [0, 0.05) is 6.42 Å². The van der Waals surface area contributed by atoms with Crippen molar-refractivity contribution < 1.29 is 58.0 Å².